The van der Waals surface area contributed by atoms with E-state index in [1.165, 1.54) is 0 Å². The molecule has 4 unspecified atom stereocenters. The van der Waals surface area contributed by atoms with E-state index in [9.17, 15) is 13.2 Å². The maximum absolute atomic E-state index is 10.7. The molecule has 0 radical (unpaired) electrons. The van der Waals surface area contributed by atoms with Crippen LogP contribution in [0.3, 0.4) is 0 Å². The normalized spacial score (nSPS) is 19.9. The Morgan fingerprint density at radius 3 is 1.81 bits per heavy atom. The van der Waals surface area contributed by atoms with E-state index in [1.807, 2.05) is 0 Å². The summed E-state index contributed by atoms with van der Waals surface area (Å²) in [6, 6.07) is 0. The van der Waals surface area contributed by atoms with Crippen molar-refractivity contribution in [1.82, 2.24) is 0 Å². The predicted molar refractivity (Wildman–Crippen MR) is 47.7 cm³/mol. The zero-order valence-corrected chi connectivity index (χ0v) is 8.65. The highest BCUT2D eigenvalue weighted by Crippen LogP contribution is 2.08. The second-order valence-electron chi connectivity index (χ2n) is 2.97. The molecule has 0 saturated carbocycles. The van der Waals surface area contributed by atoms with Gasteiger partial charge in [0, 0.05) is 0 Å². The Kier molecular flexibility index (Phi) is 5.41. The smallest absolute Gasteiger partial charge is 0.331 e. The lowest BCUT2D eigenvalue weighted by Gasteiger charge is -2.23. The van der Waals surface area contributed by atoms with Gasteiger partial charge in [-0.05, 0) is 0 Å². The van der Waals surface area contributed by atoms with Crippen molar-refractivity contribution >= 4 is 15.2 Å². The van der Waals surface area contributed by atoms with E-state index in [2.05, 4.69) is 0 Å². The van der Waals surface area contributed by atoms with Crippen LogP contribution in [-0.2, 0) is 14.9 Å². The molecule has 0 aromatic carbocycles. The summed E-state index contributed by atoms with van der Waals surface area (Å²) in [5, 5.41) is 42.1. The number of rotatable bonds is 5. The molecular formula is C6H12O9S. The monoisotopic (exact) mass is 260 g/mol. The van der Waals surface area contributed by atoms with Crippen molar-refractivity contribution in [2.45, 2.75) is 24.4 Å². The van der Waals surface area contributed by atoms with Crippen molar-refractivity contribution in [1.29, 1.82) is 0 Å². The van der Waals surface area contributed by atoms with Crippen LogP contribution in [0.25, 0.3) is 0 Å². The molecule has 10 heteroatoms. The van der Waals surface area contributed by atoms with Gasteiger partial charge < -0.3 is 25.5 Å². The Bertz CT molecular complexity index is 336. The van der Waals surface area contributed by atoms with Gasteiger partial charge >= 0.3 is 15.2 Å². The summed E-state index contributed by atoms with van der Waals surface area (Å²) in [5.41, 5.74) is 0. The lowest BCUT2D eigenvalue weighted by molar-refractivity contribution is -0.140. The molecule has 0 rings (SSSR count). The Hall–Kier alpha value is -0.620. The van der Waals surface area contributed by atoms with Crippen molar-refractivity contribution in [3.63, 3.8) is 0 Å². The van der Waals surface area contributed by atoms with Crippen LogP contribution in [0.1, 0.15) is 0 Å². The molecule has 9 nitrogen and oxygen atoms in total. The van der Waals surface area contributed by atoms with E-state index in [0.29, 0.717) is 0 Å². The maximum Gasteiger partial charge on any atom is 0.331 e. The van der Waals surface area contributed by atoms with Gasteiger partial charge in [-0.15, -0.1) is 0 Å². The minimum absolute atomic E-state index is 0.981. The molecule has 96 valence electrons. The summed E-state index contributed by atoms with van der Waals surface area (Å²) in [4.78, 5) is 10.7. The highest BCUT2D eigenvalue weighted by Gasteiger charge is 2.38. The average Bonchev–Trinajstić information content (AvgIpc) is 2.22. The zero-order valence-electron chi connectivity index (χ0n) is 7.83. The first-order valence-electron chi connectivity index (χ1n) is 3.97. The molecule has 0 aromatic heterocycles. The van der Waals surface area contributed by atoms with Gasteiger partial charge in [0.2, 0.25) is 0 Å². The first-order chi connectivity index (χ1) is 7.12. The predicted octanol–water partition coefficient (Wildman–Crippen LogP) is -4.16. The largest absolute Gasteiger partial charge is 0.394 e. The quantitative estimate of drug-likeness (QED) is 0.268. The van der Waals surface area contributed by atoms with Gasteiger partial charge in [0.05, 0.1) is 6.61 Å². The summed E-state index contributed by atoms with van der Waals surface area (Å²) in [6.45, 7) is -0.981. The molecule has 0 aliphatic heterocycles. The summed E-state index contributed by atoms with van der Waals surface area (Å²) in [6.07, 6.45) is -9.02. The van der Waals surface area contributed by atoms with Gasteiger partial charge in [-0.2, -0.15) is 8.42 Å². The molecule has 0 amide bonds. The van der Waals surface area contributed by atoms with Crippen LogP contribution < -0.4 is 0 Å². The molecule has 4 atom stereocenters. The van der Waals surface area contributed by atoms with Crippen LogP contribution in [0.15, 0.2) is 0 Å². The van der Waals surface area contributed by atoms with Crippen molar-refractivity contribution in [3.8, 4) is 0 Å². The topological polar surface area (TPSA) is 173 Å². The molecule has 6 N–H and O–H groups in total. The van der Waals surface area contributed by atoms with Gasteiger partial charge in [-0.3, -0.25) is 9.35 Å². The molecule has 0 spiro atoms. The Morgan fingerprint density at radius 1 is 1.06 bits per heavy atom. The molecule has 0 aromatic rings. The SMILES string of the molecule is O=C(C(O)C(O)C(O)C(O)CO)S(=O)(=O)O. The van der Waals surface area contributed by atoms with Gasteiger partial charge in [0.25, 0.3) is 0 Å². The Labute approximate surface area is 90.3 Å². The first-order valence-corrected chi connectivity index (χ1v) is 5.41. The van der Waals surface area contributed by atoms with E-state index >= 15 is 0 Å². The highest BCUT2D eigenvalue weighted by atomic mass is 32.2. The number of aliphatic hydroxyl groups excluding tert-OH is 5. The summed E-state index contributed by atoms with van der Waals surface area (Å²) >= 11 is 0. The maximum atomic E-state index is 10.7. The third-order valence-electron chi connectivity index (χ3n) is 1.75. The van der Waals surface area contributed by atoms with E-state index in [0.717, 1.165) is 0 Å². The van der Waals surface area contributed by atoms with Gasteiger partial charge in [-0.25, -0.2) is 0 Å². The molecule has 0 fully saturated rings. The van der Waals surface area contributed by atoms with Gasteiger partial charge in [-0.1, -0.05) is 0 Å². The molecular weight excluding hydrogens is 248 g/mol. The van der Waals surface area contributed by atoms with Crippen LogP contribution in [0, 0.1) is 0 Å². The summed E-state index contributed by atoms with van der Waals surface area (Å²) < 4.78 is 28.8. The van der Waals surface area contributed by atoms with E-state index in [1.54, 1.807) is 0 Å². The van der Waals surface area contributed by atoms with Crippen LogP contribution >= 0.6 is 0 Å². The fourth-order valence-electron chi connectivity index (χ4n) is 0.814. The van der Waals surface area contributed by atoms with Crippen LogP contribution in [0.4, 0.5) is 0 Å². The Morgan fingerprint density at radius 2 is 1.50 bits per heavy atom. The number of carbonyl (C=O) groups is 1. The van der Waals surface area contributed by atoms with Gasteiger partial charge in [0.1, 0.15) is 18.3 Å². The zero-order chi connectivity index (χ0) is 13.1. The van der Waals surface area contributed by atoms with Crippen molar-refractivity contribution < 1.29 is 43.3 Å². The second kappa shape index (κ2) is 5.63. The fraction of sp³-hybridized carbons (Fsp3) is 0.833. The molecule has 0 aliphatic carbocycles. The molecule has 0 heterocycles. The number of hydrogen-bond acceptors (Lipinski definition) is 8. The minimum Gasteiger partial charge on any atom is -0.394 e. The van der Waals surface area contributed by atoms with Crippen LogP contribution in [0.2, 0.25) is 0 Å². The van der Waals surface area contributed by atoms with Crippen LogP contribution in [-0.4, -0.2) is 74.6 Å². The third-order valence-corrected chi connectivity index (χ3v) is 2.50. The van der Waals surface area contributed by atoms with Crippen molar-refractivity contribution in [2.75, 3.05) is 6.61 Å². The minimum atomic E-state index is -5.22. The number of carbonyl (C=O) groups excluding carboxylic acids is 1. The van der Waals surface area contributed by atoms with Crippen LogP contribution in [0.5, 0.6) is 0 Å². The van der Waals surface area contributed by atoms with E-state index in [-0.39, 0.29) is 0 Å². The summed E-state index contributed by atoms with van der Waals surface area (Å²) in [7, 11) is -5.22. The molecule has 0 saturated heterocycles. The summed E-state index contributed by atoms with van der Waals surface area (Å²) in [5.74, 6) is 0. The lowest BCUT2D eigenvalue weighted by Crippen LogP contribution is -2.50. The molecule has 16 heavy (non-hydrogen) atoms. The Balaban J connectivity index is 4.75. The van der Waals surface area contributed by atoms with E-state index < -0.39 is 46.3 Å². The highest BCUT2D eigenvalue weighted by molar-refractivity contribution is 8.01. The van der Waals surface area contributed by atoms with Crippen molar-refractivity contribution in [2.24, 2.45) is 0 Å². The molecule has 0 aliphatic rings. The third kappa shape index (κ3) is 3.75. The van der Waals surface area contributed by atoms with E-state index in [4.69, 9.17) is 30.1 Å². The average molecular weight is 260 g/mol. The fourth-order valence-corrected chi connectivity index (χ4v) is 1.26. The van der Waals surface area contributed by atoms with Crippen molar-refractivity contribution in [3.05, 3.63) is 0 Å². The number of hydrogen-bond donors (Lipinski definition) is 6. The lowest BCUT2D eigenvalue weighted by atomic mass is 10.0. The number of aliphatic hydroxyl groups is 5. The second-order valence-corrected chi connectivity index (χ2v) is 4.32. The molecule has 0 bridgehead atoms. The van der Waals surface area contributed by atoms with Gasteiger partial charge in [0.15, 0.2) is 6.10 Å². The first kappa shape index (κ1) is 15.4. The standard InChI is InChI=1S/C6H12O9S/c7-1-2(8)3(9)4(10)5(11)6(12)16(13,14)15/h2-5,7-11H,1H2,(H,13,14,15).